The predicted molar refractivity (Wildman–Crippen MR) is 75.2 cm³/mol. The van der Waals surface area contributed by atoms with Gasteiger partial charge >= 0.3 is 5.69 Å². The zero-order valence-electron chi connectivity index (χ0n) is 10.9. The molecule has 2 aromatic carbocycles. The summed E-state index contributed by atoms with van der Waals surface area (Å²) in [4.78, 5) is 10.4. The summed E-state index contributed by atoms with van der Waals surface area (Å²) in [7, 11) is 0. The molecule has 0 heterocycles. The van der Waals surface area contributed by atoms with Crippen molar-refractivity contribution in [3.05, 3.63) is 62.9 Å². The highest BCUT2D eigenvalue weighted by atomic mass is 35.5. The van der Waals surface area contributed by atoms with Crippen molar-refractivity contribution in [1.29, 1.82) is 0 Å². The maximum atomic E-state index is 13.2. The van der Waals surface area contributed by atoms with E-state index in [0.717, 1.165) is 12.1 Å². The maximum absolute atomic E-state index is 13.2. The van der Waals surface area contributed by atoms with Gasteiger partial charge in [-0.1, -0.05) is 17.7 Å². The van der Waals surface area contributed by atoms with Gasteiger partial charge < -0.3 is 9.84 Å². The molecule has 0 aliphatic rings. The van der Waals surface area contributed by atoms with E-state index < -0.39 is 16.8 Å². The second-order valence-corrected chi connectivity index (χ2v) is 4.71. The van der Waals surface area contributed by atoms with Gasteiger partial charge in [0.2, 0.25) is 5.75 Å². The molecule has 0 amide bonds. The summed E-state index contributed by atoms with van der Waals surface area (Å²) in [5.74, 6) is -0.604. The van der Waals surface area contributed by atoms with Crippen LogP contribution >= 0.6 is 11.6 Å². The average molecular weight is 312 g/mol. The first kappa shape index (κ1) is 15.2. The number of nitro groups is 1. The number of aliphatic hydroxyl groups excluding tert-OH is 1. The van der Waals surface area contributed by atoms with E-state index in [1.807, 2.05) is 0 Å². The van der Waals surface area contributed by atoms with Crippen molar-refractivity contribution < 1.29 is 19.2 Å². The van der Waals surface area contributed by atoms with Crippen molar-refractivity contribution in [2.24, 2.45) is 0 Å². The van der Waals surface area contributed by atoms with Crippen LogP contribution in [0, 0.1) is 15.9 Å². The van der Waals surface area contributed by atoms with Gasteiger partial charge in [0.15, 0.2) is 0 Å². The van der Waals surface area contributed by atoms with Crippen LogP contribution in [0.4, 0.5) is 10.1 Å². The Morgan fingerprint density at radius 2 is 2.10 bits per heavy atom. The van der Waals surface area contributed by atoms with E-state index in [9.17, 15) is 19.6 Å². The number of halogens is 2. The fourth-order valence-corrected chi connectivity index (χ4v) is 2.00. The molecule has 0 fully saturated rings. The third-order valence-corrected chi connectivity index (χ3v) is 3.07. The van der Waals surface area contributed by atoms with Gasteiger partial charge in [-0.15, -0.1) is 0 Å². The normalized spacial score (nSPS) is 12.0. The molecule has 5 nitrogen and oxygen atoms in total. The first-order valence-corrected chi connectivity index (χ1v) is 6.36. The lowest BCUT2D eigenvalue weighted by atomic mass is 10.1. The molecule has 0 aliphatic carbocycles. The molecule has 2 rings (SSSR count). The molecule has 1 atom stereocenters. The molecule has 0 saturated heterocycles. The van der Waals surface area contributed by atoms with E-state index in [1.165, 1.54) is 31.2 Å². The van der Waals surface area contributed by atoms with E-state index in [2.05, 4.69) is 0 Å². The number of rotatable bonds is 4. The number of nitrogens with zero attached hydrogens (tertiary/aromatic N) is 1. The van der Waals surface area contributed by atoms with Gasteiger partial charge in [-0.25, -0.2) is 4.39 Å². The molecular weight excluding hydrogens is 301 g/mol. The van der Waals surface area contributed by atoms with Crippen molar-refractivity contribution in [3.63, 3.8) is 0 Å². The maximum Gasteiger partial charge on any atom is 0.313 e. The molecular formula is C14H11ClFNO4. The fraction of sp³-hybridized carbons (Fsp3) is 0.143. The minimum Gasteiger partial charge on any atom is -0.448 e. The van der Waals surface area contributed by atoms with E-state index in [4.69, 9.17) is 16.3 Å². The van der Waals surface area contributed by atoms with Crippen molar-refractivity contribution >= 4 is 17.3 Å². The molecule has 0 radical (unpaired) electrons. The Morgan fingerprint density at radius 3 is 2.71 bits per heavy atom. The summed E-state index contributed by atoms with van der Waals surface area (Å²) in [5, 5.41) is 20.7. The number of ether oxygens (including phenoxy) is 1. The molecule has 7 heteroatoms. The van der Waals surface area contributed by atoms with Crippen LogP contribution in [0.1, 0.15) is 18.6 Å². The SMILES string of the molecule is C[C@@H](O)c1cc(F)ccc1Oc1c(Cl)cccc1[N+](=O)[O-]. The predicted octanol–water partition coefficient (Wildman–Crippen LogP) is 4.23. The van der Waals surface area contributed by atoms with E-state index in [-0.39, 0.29) is 27.8 Å². The zero-order valence-corrected chi connectivity index (χ0v) is 11.7. The third-order valence-electron chi connectivity index (χ3n) is 2.78. The lowest BCUT2D eigenvalue weighted by Gasteiger charge is -2.14. The Bertz CT molecular complexity index is 691. The summed E-state index contributed by atoms with van der Waals surface area (Å²) >= 11 is 5.92. The van der Waals surface area contributed by atoms with Crippen LogP contribution in [-0.2, 0) is 0 Å². The number of hydrogen-bond acceptors (Lipinski definition) is 4. The van der Waals surface area contributed by atoms with Gasteiger partial charge in [0, 0.05) is 11.6 Å². The smallest absolute Gasteiger partial charge is 0.313 e. The third kappa shape index (κ3) is 3.29. The Kier molecular flexibility index (Phi) is 4.40. The van der Waals surface area contributed by atoms with Crippen LogP contribution in [0.2, 0.25) is 5.02 Å². The summed E-state index contributed by atoms with van der Waals surface area (Å²) in [6.45, 7) is 1.43. The lowest BCUT2D eigenvalue weighted by Crippen LogP contribution is -1.99. The fourth-order valence-electron chi connectivity index (χ4n) is 1.79. The van der Waals surface area contributed by atoms with E-state index in [1.54, 1.807) is 0 Å². The lowest BCUT2D eigenvalue weighted by molar-refractivity contribution is -0.385. The largest absolute Gasteiger partial charge is 0.448 e. The van der Waals surface area contributed by atoms with Crippen LogP contribution < -0.4 is 4.74 Å². The van der Waals surface area contributed by atoms with Crippen LogP contribution in [-0.4, -0.2) is 10.0 Å². The van der Waals surface area contributed by atoms with Crippen molar-refractivity contribution in [2.45, 2.75) is 13.0 Å². The summed E-state index contributed by atoms with van der Waals surface area (Å²) in [6, 6.07) is 7.62. The van der Waals surface area contributed by atoms with E-state index >= 15 is 0 Å². The molecule has 0 aromatic heterocycles. The van der Waals surface area contributed by atoms with Gasteiger partial charge in [0.1, 0.15) is 11.6 Å². The number of aliphatic hydroxyl groups is 1. The number of hydrogen-bond donors (Lipinski definition) is 1. The second-order valence-electron chi connectivity index (χ2n) is 4.31. The first-order chi connectivity index (χ1) is 9.90. The van der Waals surface area contributed by atoms with E-state index in [0.29, 0.717) is 0 Å². The first-order valence-electron chi connectivity index (χ1n) is 5.98. The molecule has 0 unspecified atom stereocenters. The Labute approximate surface area is 124 Å². The van der Waals surface area contributed by atoms with Crippen molar-refractivity contribution in [1.82, 2.24) is 0 Å². The highest BCUT2D eigenvalue weighted by molar-refractivity contribution is 6.32. The van der Waals surface area contributed by atoms with Gasteiger partial charge in [0.25, 0.3) is 0 Å². The van der Waals surface area contributed by atoms with Gasteiger partial charge in [-0.2, -0.15) is 0 Å². The summed E-state index contributed by atoms with van der Waals surface area (Å²) < 4.78 is 18.7. The van der Waals surface area contributed by atoms with Gasteiger partial charge in [-0.3, -0.25) is 10.1 Å². The molecule has 110 valence electrons. The highest BCUT2D eigenvalue weighted by Gasteiger charge is 2.21. The molecule has 1 N–H and O–H groups in total. The molecule has 2 aromatic rings. The minimum absolute atomic E-state index is 0.0464. The number of benzene rings is 2. The molecule has 0 bridgehead atoms. The zero-order chi connectivity index (χ0) is 15.6. The molecule has 21 heavy (non-hydrogen) atoms. The number of para-hydroxylation sites is 1. The Hall–Kier alpha value is -2.18. The van der Waals surface area contributed by atoms with Crippen LogP contribution in [0.3, 0.4) is 0 Å². The minimum atomic E-state index is -1.00. The topological polar surface area (TPSA) is 72.6 Å². The Balaban J connectivity index is 2.51. The standard InChI is InChI=1S/C14H11ClFNO4/c1-8(18)10-7-9(16)5-6-13(10)21-14-11(15)3-2-4-12(14)17(19)20/h2-8,18H,1H3/t8-/m1/s1. The van der Waals surface area contributed by atoms with Gasteiger partial charge in [-0.05, 0) is 31.2 Å². The quantitative estimate of drug-likeness (QED) is 0.677. The van der Waals surface area contributed by atoms with Crippen molar-refractivity contribution in [2.75, 3.05) is 0 Å². The summed E-state index contributed by atoms with van der Waals surface area (Å²) in [6.07, 6.45) is -1.00. The number of nitro benzene ring substituents is 1. The monoisotopic (exact) mass is 311 g/mol. The van der Waals surface area contributed by atoms with Crippen LogP contribution in [0.5, 0.6) is 11.5 Å². The molecule has 0 aliphatic heterocycles. The van der Waals surface area contributed by atoms with Crippen molar-refractivity contribution in [3.8, 4) is 11.5 Å². The van der Waals surface area contributed by atoms with Crippen LogP contribution in [0.25, 0.3) is 0 Å². The second kappa shape index (κ2) is 6.07. The molecule has 0 spiro atoms. The van der Waals surface area contributed by atoms with Gasteiger partial charge in [0.05, 0.1) is 16.0 Å². The van der Waals surface area contributed by atoms with Crippen LogP contribution in [0.15, 0.2) is 36.4 Å². The highest BCUT2D eigenvalue weighted by Crippen LogP contribution is 2.39. The Morgan fingerprint density at radius 1 is 1.38 bits per heavy atom. The summed E-state index contributed by atoms with van der Waals surface area (Å²) in [5.41, 5.74) is -0.146. The average Bonchev–Trinajstić information content (AvgIpc) is 2.42. The molecule has 0 saturated carbocycles.